The van der Waals surface area contributed by atoms with Gasteiger partial charge in [0.05, 0.1) is 25.8 Å². The summed E-state index contributed by atoms with van der Waals surface area (Å²) in [4.78, 5) is 27.0. The molecule has 2 aromatic carbocycles. The van der Waals surface area contributed by atoms with Gasteiger partial charge >= 0.3 is 0 Å². The fraction of sp³-hybridized carbons (Fsp3) is 0.364. The van der Waals surface area contributed by atoms with Crippen LogP contribution in [0.4, 0.5) is 0 Å². The molecule has 2 aliphatic rings. The van der Waals surface area contributed by atoms with Crippen LogP contribution in [0, 0.1) is 0 Å². The molecule has 4 rings (SSSR count). The Kier molecular flexibility index (Phi) is 6.91. The first-order valence-corrected chi connectivity index (χ1v) is 10.5. The number of hydrogen-bond donors (Lipinski definition) is 2. The van der Waals surface area contributed by atoms with E-state index in [0.29, 0.717) is 41.8 Å². The molecular formula is C22H24ClN3O5. The average molecular weight is 446 g/mol. The molecule has 0 bridgehead atoms. The lowest BCUT2D eigenvalue weighted by atomic mass is 10.0. The van der Waals surface area contributed by atoms with Crippen LogP contribution in [0.5, 0.6) is 11.5 Å². The Morgan fingerprint density at radius 2 is 1.81 bits per heavy atom. The van der Waals surface area contributed by atoms with Crippen LogP contribution < -0.4 is 20.1 Å². The van der Waals surface area contributed by atoms with E-state index in [9.17, 15) is 9.59 Å². The molecule has 0 aromatic heterocycles. The number of hydrogen-bond acceptors (Lipinski definition) is 6. The molecule has 1 unspecified atom stereocenters. The number of amides is 2. The van der Waals surface area contributed by atoms with Gasteiger partial charge in [0, 0.05) is 30.2 Å². The maximum absolute atomic E-state index is 12.4. The minimum atomic E-state index is -0.357. The highest BCUT2D eigenvalue weighted by molar-refractivity contribution is 6.31. The molecule has 1 saturated heterocycles. The van der Waals surface area contributed by atoms with Crippen molar-refractivity contribution in [1.82, 2.24) is 15.5 Å². The third-order valence-corrected chi connectivity index (χ3v) is 5.63. The van der Waals surface area contributed by atoms with Gasteiger partial charge in [-0.15, -0.1) is 0 Å². The third kappa shape index (κ3) is 5.28. The topological polar surface area (TPSA) is 89.1 Å². The van der Waals surface area contributed by atoms with Crippen molar-refractivity contribution in [3.05, 3.63) is 58.6 Å². The first-order chi connectivity index (χ1) is 15.1. The fourth-order valence-electron chi connectivity index (χ4n) is 3.64. The van der Waals surface area contributed by atoms with E-state index in [1.54, 1.807) is 18.2 Å². The molecule has 0 aliphatic carbocycles. The number of halogens is 1. The fourth-order valence-corrected chi connectivity index (χ4v) is 3.91. The highest BCUT2D eigenvalue weighted by Gasteiger charge is 2.25. The number of nitrogens with zero attached hydrogens (tertiary/aromatic N) is 1. The molecule has 164 valence electrons. The molecular weight excluding hydrogens is 422 g/mol. The van der Waals surface area contributed by atoms with Crippen molar-refractivity contribution in [2.75, 3.05) is 46.2 Å². The molecule has 1 atom stereocenters. The lowest BCUT2D eigenvalue weighted by Gasteiger charge is -2.35. The third-order valence-electron chi connectivity index (χ3n) is 5.29. The number of benzene rings is 2. The van der Waals surface area contributed by atoms with Gasteiger partial charge in [0.1, 0.15) is 0 Å². The maximum atomic E-state index is 12.4. The summed E-state index contributed by atoms with van der Waals surface area (Å²) in [6.07, 6.45) is 0. The lowest BCUT2D eigenvalue weighted by molar-refractivity contribution is -0.120. The van der Waals surface area contributed by atoms with Crippen LogP contribution in [0.1, 0.15) is 22.0 Å². The SMILES string of the molecule is O=C(CNC(=O)c1ccc2c(c1)OCO2)NCC(c1ccccc1Cl)N1CCOCC1. The van der Waals surface area contributed by atoms with Gasteiger partial charge in [-0.05, 0) is 29.8 Å². The summed E-state index contributed by atoms with van der Waals surface area (Å²) >= 11 is 6.42. The number of carbonyl (C=O) groups excluding carboxylic acids is 2. The zero-order chi connectivity index (χ0) is 21.6. The number of ether oxygens (including phenoxy) is 3. The Bertz CT molecular complexity index is 948. The number of rotatable bonds is 7. The van der Waals surface area contributed by atoms with E-state index >= 15 is 0 Å². The summed E-state index contributed by atoms with van der Waals surface area (Å²) in [5.41, 5.74) is 1.36. The van der Waals surface area contributed by atoms with Gasteiger partial charge < -0.3 is 24.8 Å². The summed E-state index contributed by atoms with van der Waals surface area (Å²) in [5.74, 6) is 0.483. The Hall–Kier alpha value is -2.81. The summed E-state index contributed by atoms with van der Waals surface area (Å²) in [5, 5.41) is 6.21. The summed E-state index contributed by atoms with van der Waals surface area (Å²) in [7, 11) is 0. The molecule has 2 N–H and O–H groups in total. The molecule has 2 aliphatic heterocycles. The number of nitrogens with one attached hydrogen (secondary N) is 2. The van der Waals surface area contributed by atoms with E-state index < -0.39 is 0 Å². The van der Waals surface area contributed by atoms with Gasteiger partial charge in [-0.3, -0.25) is 14.5 Å². The van der Waals surface area contributed by atoms with Crippen molar-refractivity contribution in [2.45, 2.75) is 6.04 Å². The van der Waals surface area contributed by atoms with Crippen molar-refractivity contribution in [3.8, 4) is 11.5 Å². The number of carbonyl (C=O) groups is 2. The van der Waals surface area contributed by atoms with Crippen molar-refractivity contribution >= 4 is 23.4 Å². The minimum Gasteiger partial charge on any atom is -0.454 e. The molecule has 0 saturated carbocycles. The first kappa shape index (κ1) is 21.4. The van der Waals surface area contributed by atoms with E-state index in [1.807, 2.05) is 24.3 Å². The molecule has 8 nitrogen and oxygen atoms in total. The van der Waals surface area contributed by atoms with E-state index in [4.69, 9.17) is 25.8 Å². The second-order valence-electron chi connectivity index (χ2n) is 7.24. The van der Waals surface area contributed by atoms with Crippen LogP contribution in [0.2, 0.25) is 5.02 Å². The Labute approximate surface area is 185 Å². The normalized spacial score (nSPS) is 16.5. The number of morpholine rings is 1. The molecule has 2 amide bonds. The van der Waals surface area contributed by atoms with Crippen molar-refractivity contribution < 1.29 is 23.8 Å². The monoisotopic (exact) mass is 445 g/mol. The van der Waals surface area contributed by atoms with Crippen molar-refractivity contribution in [1.29, 1.82) is 0 Å². The maximum Gasteiger partial charge on any atom is 0.251 e. The highest BCUT2D eigenvalue weighted by atomic mass is 35.5. The second kappa shape index (κ2) is 10.00. The van der Waals surface area contributed by atoms with Gasteiger partial charge in [-0.25, -0.2) is 0 Å². The molecule has 0 spiro atoms. The Balaban J connectivity index is 1.33. The van der Waals surface area contributed by atoms with Gasteiger partial charge in [-0.1, -0.05) is 29.8 Å². The molecule has 31 heavy (non-hydrogen) atoms. The Morgan fingerprint density at radius 3 is 2.61 bits per heavy atom. The van der Waals surface area contributed by atoms with Gasteiger partial charge in [-0.2, -0.15) is 0 Å². The lowest BCUT2D eigenvalue weighted by Crippen LogP contribution is -2.45. The number of fused-ring (bicyclic) bond motifs is 1. The van der Waals surface area contributed by atoms with E-state index in [0.717, 1.165) is 18.7 Å². The predicted molar refractivity (Wildman–Crippen MR) is 114 cm³/mol. The van der Waals surface area contributed by atoms with E-state index in [2.05, 4.69) is 15.5 Å². The minimum absolute atomic E-state index is 0.0777. The van der Waals surface area contributed by atoms with Gasteiger partial charge in [0.2, 0.25) is 12.7 Å². The summed E-state index contributed by atoms with van der Waals surface area (Å²) < 4.78 is 16.0. The van der Waals surface area contributed by atoms with E-state index in [-0.39, 0.29) is 31.2 Å². The van der Waals surface area contributed by atoms with Crippen LogP contribution in [-0.2, 0) is 9.53 Å². The van der Waals surface area contributed by atoms with Crippen LogP contribution in [-0.4, -0.2) is 62.9 Å². The van der Waals surface area contributed by atoms with Crippen LogP contribution in [0.25, 0.3) is 0 Å². The molecule has 1 fully saturated rings. The average Bonchev–Trinajstić information content (AvgIpc) is 3.27. The second-order valence-corrected chi connectivity index (χ2v) is 7.65. The van der Waals surface area contributed by atoms with E-state index in [1.165, 1.54) is 0 Å². The quantitative estimate of drug-likeness (QED) is 0.677. The molecule has 0 radical (unpaired) electrons. The van der Waals surface area contributed by atoms with Gasteiger partial charge in [0.25, 0.3) is 5.91 Å². The zero-order valence-corrected chi connectivity index (χ0v) is 17.7. The smallest absolute Gasteiger partial charge is 0.251 e. The standard InChI is InChI=1S/C22H24ClN3O5/c23-17-4-2-1-3-16(17)18(26-7-9-29-10-8-26)12-24-21(27)13-25-22(28)15-5-6-19-20(11-15)31-14-30-19/h1-6,11,18H,7-10,12-14H2,(H,24,27)(H,25,28). The van der Waals surface area contributed by atoms with Gasteiger partial charge in [0.15, 0.2) is 11.5 Å². The summed E-state index contributed by atoms with van der Waals surface area (Å²) in [6.45, 7) is 3.17. The van der Waals surface area contributed by atoms with Crippen LogP contribution in [0.15, 0.2) is 42.5 Å². The first-order valence-electron chi connectivity index (χ1n) is 10.1. The van der Waals surface area contributed by atoms with Crippen LogP contribution in [0.3, 0.4) is 0 Å². The van der Waals surface area contributed by atoms with Crippen molar-refractivity contribution in [2.24, 2.45) is 0 Å². The van der Waals surface area contributed by atoms with Crippen LogP contribution >= 0.6 is 11.6 Å². The zero-order valence-electron chi connectivity index (χ0n) is 16.9. The summed E-state index contributed by atoms with van der Waals surface area (Å²) in [6, 6.07) is 12.5. The largest absolute Gasteiger partial charge is 0.454 e. The molecule has 2 aromatic rings. The molecule has 2 heterocycles. The Morgan fingerprint density at radius 1 is 1.03 bits per heavy atom. The molecule has 9 heteroatoms. The predicted octanol–water partition coefficient (Wildman–Crippen LogP) is 1.99. The highest BCUT2D eigenvalue weighted by Crippen LogP contribution is 2.32. The van der Waals surface area contributed by atoms with Crippen molar-refractivity contribution in [3.63, 3.8) is 0 Å².